The minimum absolute atomic E-state index is 0.162. The van der Waals surface area contributed by atoms with E-state index in [0.717, 1.165) is 0 Å². The maximum Gasteiger partial charge on any atom is 0.410 e. The van der Waals surface area contributed by atoms with E-state index in [4.69, 9.17) is 9.15 Å². The van der Waals surface area contributed by atoms with Crippen LogP contribution in [0.1, 0.15) is 29.2 Å². The first-order chi connectivity index (χ1) is 14.4. The molecule has 2 amide bonds. The molecule has 8 nitrogen and oxygen atoms in total. The van der Waals surface area contributed by atoms with Crippen molar-refractivity contribution >= 4 is 17.8 Å². The van der Waals surface area contributed by atoms with Gasteiger partial charge in [-0.25, -0.2) is 14.2 Å². The van der Waals surface area contributed by atoms with Crippen LogP contribution in [-0.2, 0) is 4.74 Å². The summed E-state index contributed by atoms with van der Waals surface area (Å²) in [6, 6.07) is 6.32. The van der Waals surface area contributed by atoms with Crippen molar-refractivity contribution in [1.29, 1.82) is 0 Å². The minimum Gasteiger partial charge on any atom is -0.456 e. The van der Waals surface area contributed by atoms with Crippen LogP contribution in [0.5, 0.6) is 0 Å². The van der Waals surface area contributed by atoms with E-state index >= 15 is 0 Å². The molecular weight excluding hydrogens is 391 g/mol. The Labute approximate surface area is 173 Å². The Morgan fingerprint density at radius 1 is 1.17 bits per heavy atom. The largest absolute Gasteiger partial charge is 0.456 e. The van der Waals surface area contributed by atoms with E-state index in [1.807, 2.05) is 0 Å². The number of rotatable bonds is 2. The van der Waals surface area contributed by atoms with Crippen LogP contribution in [0.15, 0.2) is 34.9 Å². The highest BCUT2D eigenvalue weighted by atomic mass is 19.1. The molecule has 0 saturated carbocycles. The molecule has 1 spiro atoms. The number of aryl methyl sites for hydroxylation is 1. The zero-order valence-corrected chi connectivity index (χ0v) is 16.7. The average Bonchev–Trinajstić information content (AvgIpc) is 3.30. The van der Waals surface area contributed by atoms with Crippen molar-refractivity contribution in [1.82, 2.24) is 14.8 Å². The van der Waals surface area contributed by atoms with Gasteiger partial charge < -0.3 is 19.0 Å². The summed E-state index contributed by atoms with van der Waals surface area (Å²) in [6.45, 7) is 4.39. The third kappa shape index (κ3) is 3.09. The summed E-state index contributed by atoms with van der Waals surface area (Å²) < 4.78 is 24.6. The number of carbonyl (C=O) groups is 2. The van der Waals surface area contributed by atoms with Crippen molar-refractivity contribution in [2.24, 2.45) is 0 Å². The average molecular weight is 414 g/mol. The van der Waals surface area contributed by atoms with Gasteiger partial charge in [0.2, 0.25) is 0 Å². The first-order valence-electron chi connectivity index (χ1n) is 10.2. The van der Waals surface area contributed by atoms with Crippen LogP contribution in [0.2, 0.25) is 0 Å². The molecule has 3 fully saturated rings. The molecule has 0 aliphatic carbocycles. The maximum absolute atomic E-state index is 13.2. The highest BCUT2D eigenvalue weighted by Gasteiger charge is 2.57. The molecule has 3 saturated heterocycles. The van der Waals surface area contributed by atoms with E-state index < -0.39 is 5.60 Å². The van der Waals surface area contributed by atoms with E-state index in [1.165, 1.54) is 12.3 Å². The number of halogens is 1. The lowest BCUT2D eigenvalue weighted by Gasteiger charge is -2.45. The van der Waals surface area contributed by atoms with E-state index in [2.05, 4.69) is 9.88 Å². The van der Waals surface area contributed by atoms with Gasteiger partial charge in [-0.1, -0.05) is 0 Å². The van der Waals surface area contributed by atoms with Gasteiger partial charge in [-0.15, -0.1) is 0 Å². The lowest BCUT2D eigenvalue weighted by Crippen LogP contribution is -2.61. The van der Waals surface area contributed by atoms with Crippen molar-refractivity contribution in [3.05, 3.63) is 47.8 Å². The summed E-state index contributed by atoms with van der Waals surface area (Å²) >= 11 is 0. The number of furan rings is 1. The van der Waals surface area contributed by atoms with Gasteiger partial charge in [0.05, 0.1) is 12.2 Å². The lowest BCUT2D eigenvalue weighted by atomic mass is 9.83. The molecule has 3 aliphatic heterocycles. The van der Waals surface area contributed by atoms with Gasteiger partial charge in [0.1, 0.15) is 23.0 Å². The normalized spacial score (nSPS) is 22.9. The van der Waals surface area contributed by atoms with Crippen LogP contribution in [0.3, 0.4) is 0 Å². The fourth-order valence-electron chi connectivity index (χ4n) is 4.75. The third-order valence-corrected chi connectivity index (χ3v) is 6.40. The molecule has 0 bridgehead atoms. The molecule has 1 atom stereocenters. The summed E-state index contributed by atoms with van der Waals surface area (Å²) in [6.07, 6.45) is 2.15. The SMILES string of the molecule is Cc1ccc(C(=O)N2CCN3C(=O)OC4(CCN(c5ccc(F)cn5)CC4)C3C2)o1. The molecular formula is C21H23FN4O4. The first kappa shape index (κ1) is 18.9. The third-order valence-electron chi connectivity index (χ3n) is 6.40. The number of piperazine rings is 1. The second kappa shape index (κ2) is 7.00. The lowest BCUT2D eigenvalue weighted by molar-refractivity contribution is -0.00372. The topological polar surface area (TPSA) is 79.1 Å². The number of aromatic nitrogens is 1. The van der Waals surface area contributed by atoms with Gasteiger partial charge in [-0.3, -0.25) is 9.69 Å². The van der Waals surface area contributed by atoms with Crippen LogP contribution in [-0.4, -0.2) is 71.2 Å². The van der Waals surface area contributed by atoms with Gasteiger partial charge in [-0.05, 0) is 31.2 Å². The number of ether oxygens (including phenoxy) is 1. The Morgan fingerprint density at radius 3 is 2.63 bits per heavy atom. The van der Waals surface area contributed by atoms with Crippen LogP contribution < -0.4 is 4.90 Å². The number of piperidine rings is 1. The molecule has 30 heavy (non-hydrogen) atoms. The van der Waals surface area contributed by atoms with Crippen LogP contribution >= 0.6 is 0 Å². The Balaban J connectivity index is 1.32. The van der Waals surface area contributed by atoms with Crippen molar-refractivity contribution in [2.45, 2.75) is 31.4 Å². The Kier molecular flexibility index (Phi) is 4.41. The minimum atomic E-state index is -0.633. The number of fused-ring (bicyclic) bond motifs is 2. The predicted octanol–water partition coefficient (Wildman–Crippen LogP) is 2.44. The molecule has 1 unspecified atom stereocenters. The standard InChI is InChI=1S/C21H23FN4O4/c1-14-2-4-16(29-14)19(27)25-10-11-26-17(13-25)21(30-20(26)28)6-8-24(9-7-21)18-5-3-15(22)12-23-18/h2-5,12,17H,6-11,13H2,1H3. The molecule has 9 heteroatoms. The molecule has 0 aromatic carbocycles. The Hall–Kier alpha value is -3.10. The van der Waals surface area contributed by atoms with Crippen molar-refractivity contribution in [3.63, 3.8) is 0 Å². The van der Waals surface area contributed by atoms with Gasteiger partial charge >= 0.3 is 6.09 Å². The molecule has 5 rings (SSSR count). The van der Waals surface area contributed by atoms with Crippen molar-refractivity contribution < 1.29 is 23.1 Å². The molecule has 2 aromatic rings. The van der Waals surface area contributed by atoms with E-state index in [1.54, 1.807) is 34.9 Å². The summed E-state index contributed by atoms with van der Waals surface area (Å²) in [5, 5.41) is 0. The molecule has 5 heterocycles. The van der Waals surface area contributed by atoms with Gasteiger partial charge in [0.15, 0.2) is 5.76 Å². The van der Waals surface area contributed by atoms with Gasteiger partial charge in [0, 0.05) is 45.6 Å². The smallest absolute Gasteiger partial charge is 0.410 e. The number of amides is 2. The predicted molar refractivity (Wildman–Crippen MR) is 105 cm³/mol. The first-order valence-corrected chi connectivity index (χ1v) is 10.2. The Morgan fingerprint density at radius 2 is 1.97 bits per heavy atom. The van der Waals surface area contributed by atoms with E-state index in [9.17, 15) is 14.0 Å². The fraction of sp³-hybridized carbons (Fsp3) is 0.476. The number of pyridine rings is 1. The van der Waals surface area contributed by atoms with Gasteiger partial charge in [-0.2, -0.15) is 0 Å². The van der Waals surface area contributed by atoms with Crippen molar-refractivity contribution in [2.75, 3.05) is 37.6 Å². The quantitative estimate of drug-likeness (QED) is 0.751. The number of carbonyl (C=O) groups excluding carboxylic acids is 2. The summed E-state index contributed by atoms with van der Waals surface area (Å²) in [7, 11) is 0. The number of nitrogens with zero attached hydrogens (tertiary/aromatic N) is 4. The van der Waals surface area contributed by atoms with E-state index in [0.29, 0.717) is 62.9 Å². The second-order valence-corrected chi connectivity index (χ2v) is 8.13. The Bertz CT molecular complexity index is 968. The highest BCUT2D eigenvalue weighted by Crippen LogP contribution is 2.41. The zero-order chi connectivity index (χ0) is 20.9. The maximum atomic E-state index is 13.2. The molecule has 2 aromatic heterocycles. The summed E-state index contributed by atoms with van der Waals surface area (Å²) in [5.41, 5.74) is -0.633. The molecule has 0 radical (unpaired) electrons. The second-order valence-electron chi connectivity index (χ2n) is 8.13. The van der Waals surface area contributed by atoms with Crippen LogP contribution in [0, 0.1) is 12.7 Å². The zero-order valence-electron chi connectivity index (χ0n) is 16.7. The molecule has 158 valence electrons. The number of hydrogen-bond acceptors (Lipinski definition) is 6. The number of anilines is 1. The highest BCUT2D eigenvalue weighted by molar-refractivity contribution is 5.92. The number of hydrogen-bond donors (Lipinski definition) is 0. The fourth-order valence-corrected chi connectivity index (χ4v) is 4.75. The van der Waals surface area contributed by atoms with Crippen molar-refractivity contribution in [3.8, 4) is 0 Å². The molecule has 3 aliphatic rings. The molecule has 0 N–H and O–H groups in total. The van der Waals surface area contributed by atoms with Gasteiger partial charge in [0.25, 0.3) is 5.91 Å². The summed E-state index contributed by atoms with van der Waals surface area (Å²) in [4.78, 5) is 35.1. The van der Waals surface area contributed by atoms with Crippen LogP contribution in [0.25, 0.3) is 0 Å². The van der Waals surface area contributed by atoms with E-state index in [-0.39, 0.29) is 23.9 Å². The monoisotopic (exact) mass is 414 g/mol. The summed E-state index contributed by atoms with van der Waals surface area (Å²) in [5.74, 6) is 1.18. The van der Waals surface area contributed by atoms with Crippen LogP contribution in [0.4, 0.5) is 15.0 Å².